The van der Waals surface area contributed by atoms with E-state index >= 15 is 0 Å². The highest BCUT2D eigenvalue weighted by atomic mass is 127. The van der Waals surface area contributed by atoms with E-state index in [2.05, 4.69) is 10.3 Å². The van der Waals surface area contributed by atoms with Gasteiger partial charge in [-0.25, -0.2) is 4.79 Å². The Bertz CT molecular complexity index is 730. The van der Waals surface area contributed by atoms with Crippen LogP contribution < -0.4 is 5.73 Å². The monoisotopic (exact) mass is 438 g/mol. The van der Waals surface area contributed by atoms with Crippen LogP contribution in [0.5, 0.6) is 0 Å². The lowest BCUT2D eigenvalue weighted by Gasteiger charge is -2.03. The predicted molar refractivity (Wildman–Crippen MR) is 88.5 cm³/mol. The summed E-state index contributed by atoms with van der Waals surface area (Å²) in [6.45, 7) is 0. The molecule has 0 amide bonds. The minimum Gasteiger partial charge on any atom is -0.380 e. The van der Waals surface area contributed by atoms with Crippen molar-refractivity contribution in [3.05, 3.63) is 49.3 Å². The molecule has 0 saturated heterocycles. The van der Waals surface area contributed by atoms with Crippen LogP contribution in [0, 0.1) is 3.57 Å². The topological polar surface area (TPSA) is 82.5 Å². The molecule has 21 heavy (non-hydrogen) atoms. The largest absolute Gasteiger partial charge is 0.386 e. The molecule has 0 unspecified atom stereocenters. The Morgan fingerprint density at radius 2 is 2.19 bits per heavy atom. The zero-order valence-corrected chi connectivity index (χ0v) is 14.3. The molecule has 0 radical (unpaired) electrons. The van der Waals surface area contributed by atoms with E-state index in [1.807, 2.05) is 22.6 Å². The summed E-state index contributed by atoms with van der Waals surface area (Å²) in [6, 6.07) is 4.71. The molecule has 1 aromatic heterocycles. The van der Waals surface area contributed by atoms with Gasteiger partial charge in [0.05, 0.1) is 8.59 Å². The Labute approximate surface area is 144 Å². The fourth-order valence-electron chi connectivity index (χ4n) is 1.48. The van der Waals surface area contributed by atoms with Crippen molar-refractivity contribution in [1.29, 1.82) is 0 Å². The maximum atomic E-state index is 11.8. The number of hydrogen-bond acceptors (Lipinski definition) is 4. The number of carbonyl (C=O) groups excluding carboxylic acids is 1. The van der Waals surface area contributed by atoms with Crippen LogP contribution in [0.1, 0.15) is 16.1 Å². The van der Waals surface area contributed by atoms with Crippen LogP contribution in [-0.4, -0.2) is 21.6 Å². The normalized spacial score (nSPS) is 11.5. The number of amidine groups is 1. The summed E-state index contributed by atoms with van der Waals surface area (Å²) in [7, 11) is 1.70. The maximum absolute atomic E-state index is 11.8. The number of rotatable bonds is 3. The summed E-state index contributed by atoms with van der Waals surface area (Å²) in [5.41, 5.74) is 6.32. The zero-order valence-electron chi connectivity index (χ0n) is 10.7. The molecule has 1 heterocycles. The number of aromatic nitrogens is 2. The van der Waals surface area contributed by atoms with Gasteiger partial charge < -0.3 is 10.6 Å². The van der Waals surface area contributed by atoms with E-state index in [0.29, 0.717) is 19.2 Å². The first kappa shape index (κ1) is 16.1. The van der Waals surface area contributed by atoms with E-state index in [9.17, 15) is 4.79 Å². The van der Waals surface area contributed by atoms with Gasteiger partial charge in [-0.3, -0.25) is 4.68 Å². The highest BCUT2D eigenvalue weighted by Crippen LogP contribution is 2.20. The summed E-state index contributed by atoms with van der Waals surface area (Å²) in [4.78, 5) is 16.6. The van der Waals surface area contributed by atoms with Gasteiger partial charge in [0.25, 0.3) is 0 Å². The smallest absolute Gasteiger partial charge is 0.380 e. The molecule has 0 atom stereocenters. The molecule has 0 aliphatic carbocycles. The molecule has 1 aromatic carbocycles. The quantitative estimate of drug-likeness (QED) is 0.262. The minimum atomic E-state index is -0.701. The second-order valence-corrected chi connectivity index (χ2v) is 5.98. The highest BCUT2D eigenvalue weighted by Gasteiger charge is 2.16. The second-order valence-electron chi connectivity index (χ2n) is 3.98. The van der Waals surface area contributed by atoms with Gasteiger partial charge in [0.2, 0.25) is 0 Å². The van der Waals surface area contributed by atoms with Crippen LogP contribution in [0.15, 0.2) is 29.6 Å². The first-order chi connectivity index (χ1) is 9.88. The number of nitrogens with zero attached hydrogens (tertiary/aromatic N) is 3. The predicted octanol–water partition coefficient (Wildman–Crippen LogP) is 2.81. The minimum absolute atomic E-state index is 0.0315. The molecule has 2 aromatic rings. The van der Waals surface area contributed by atoms with E-state index in [0.717, 1.165) is 0 Å². The molecule has 0 saturated carbocycles. The van der Waals surface area contributed by atoms with Gasteiger partial charge in [0, 0.05) is 23.8 Å². The summed E-state index contributed by atoms with van der Waals surface area (Å²) < 4.78 is 2.15. The van der Waals surface area contributed by atoms with Gasteiger partial charge in [0.1, 0.15) is 0 Å². The highest BCUT2D eigenvalue weighted by molar-refractivity contribution is 14.1. The first-order valence-electron chi connectivity index (χ1n) is 5.58. The fourth-order valence-corrected chi connectivity index (χ4v) is 2.71. The maximum Gasteiger partial charge on any atom is 0.386 e. The molecule has 9 heteroatoms. The Hall–Kier alpha value is -1.32. The standard InChI is InChI=1S/C12H9Cl2IN4O2/c1-19-5-9(15)10(17-19)12(20)21-18-11(16)7-3-2-6(13)4-8(7)14/h2-5H,1H3,(H2,16,18). The van der Waals surface area contributed by atoms with Crippen molar-refractivity contribution in [3.8, 4) is 0 Å². The lowest BCUT2D eigenvalue weighted by Crippen LogP contribution is -2.16. The molecule has 0 fully saturated rings. The number of oxime groups is 1. The van der Waals surface area contributed by atoms with Crippen LogP contribution in [0.3, 0.4) is 0 Å². The number of halogens is 3. The average Bonchev–Trinajstić information content (AvgIpc) is 2.74. The Balaban J connectivity index is 2.17. The van der Waals surface area contributed by atoms with Gasteiger partial charge in [-0.05, 0) is 40.8 Å². The van der Waals surface area contributed by atoms with Crippen LogP contribution in [0.4, 0.5) is 0 Å². The molecular weight excluding hydrogens is 430 g/mol. The van der Waals surface area contributed by atoms with Crippen LogP contribution in [0.2, 0.25) is 10.0 Å². The van der Waals surface area contributed by atoms with Crippen molar-refractivity contribution in [2.45, 2.75) is 0 Å². The SMILES string of the molecule is Cn1cc(I)c(C(=O)O/N=C(\N)c2ccc(Cl)cc2Cl)n1. The van der Waals surface area contributed by atoms with Crippen molar-refractivity contribution in [2.24, 2.45) is 17.9 Å². The van der Waals surface area contributed by atoms with Gasteiger partial charge in [-0.1, -0.05) is 28.4 Å². The van der Waals surface area contributed by atoms with E-state index in [1.165, 1.54) is 10.7 Å². The Morgan fingerprint density at radius 3 is 2.76 bits per heavy atom. The van der Waals surface area contributed by atoms with E-state index in [4.69, 9.17) is 33.8 Å². The number of benzene rings is 1. The number of nitrogens with two attached hydrogens (primary N) is 1. The van der Waals surface area contributed by atoms with Crippen LogP contribution in [0.25, 0.3) is 0 Å². The average molecular weight is 439 g/mol. The summed E-state index contributed by atoms with van der Waals surface area (Å²) >= 11 is 13.7. The summed E-state index contributed by atoms with van der Waals surface area (Å²) in [5, 5.41) is 8.33. The lowest BCUT2D eigenvalue weighted by atomic mass is 10.2. The third-order valence-electron chi connectivity index (χ3n) is 2.41. The van der Waals surface area contributed by atoms with E-state index in [1.54, 1.807) is 25.4 Å². The zero-order chi connectivity index (χ0) is 15.6. The molecule has 110 valence electrons. The van der Waals surface area contributed by atoms with Crippen molar-refractivity contribution in [2.75, 3.05) is 0 Å². The number of aryl methyl sites for hydroxylation is 1. The van der Waals surface area contributed by atoms with Crippen LogP contribution in [-0.2, 0) is 11.9 Å². The fraction of sp³-hybridized carbons (Fsp3) is 0.0833. The van der Waals surface area contributed by atoms with Gasteiger partial charge in [-0.2, -0.15) is 5.10 Å². The molecule has 2 rings (SSSR count). The molecule has 6 nitrogen and oxygen atoms in total. The van der Waals surface area contributed by atoms with Gasteiger partial charge >= 0.3 is 5.97 Å². The van der Waals surface area contributed by atoms with Gasteiger partial charge in [0.15, 0.2) is 11.5 Å². The lowest BCUT2D eigenvalue weighted by molar-refractivity contribution is 0.0507. The van der Waals surface area contributed by atoms with Crippen molar-refractivity contribution < 1.29 is 9.63 Å². The summed E-state index contributed by atoms with van der Waals surface area (Å²) in [6.07, 6.45) is 1.68. The summed E-state index contributed by atoms with van der Waals surface area (Å²) in [5.74, 6) is -0.732. The molecule has 0 bridgehead atoms. The molecule has 0 aliphatic rings. The van der Waals surface area contributed by atoms with E-state index < -0.39 is 5.97 Å². The van der Waals surface area contributed by atoms with Crippen molar-refractivity contribution in [1.82, 2.24) is 9.78 Å². The molecule has 2 N–H and O–H groups in total. The first-order valence-corrected chi connectivity index (χ1v) is 7.41. The van der Waals surface area contributed by atoms with Crippen LogP contribution >= 0.6 is 45.8 Å². The third kappa shape index (κ3) is 3.86. The molecule has 0 aliphatic heterocycles. The Morgan fingerprint density at radius 1 is 1.48 bits per heavy atom. The van der Waals surface area contributed by atoms with Gasteiger partial charge in [-0.15, -0.1) is 0 Å². The van der Waals surface area contributed by atoms with E-state index in [-0.39, 0.29) is 11.5 Å². The number of carbonyl (C=O) groups is 1. The molecular formula is C12H9Cl2IN4O2. The third-order valence-corrected chi connectivity index (χ3v) is 3.75. The van der Waals surface area contributed by atoms with Crippen molar-refractivity contribution >= 4 is 57.6 Å². The second kappa shape index (κ2) is 6.63. The molecule has 0 spiro atoms. The Kier molecular flexibility index (Phi) is 5.07. The van der Waals surface area contributed by atoms with Crippen molar-refractivity contribution in [3.63, 3.8) is 0 Å². The number of hydrogen-bond donors (Lipinski definition) is 1.